The molecule has 0 aromatic heterocycles. The molecule has 2 saturated carbocycles. The molecule has 0 bridgehead atoms. The van der Waals surface area contributed by atoms with Crippen LogP contribution in [0.15, 0.2) is 42.5 Å². The van der Waals surface area contributed by atoms with E-state index in [9.17, 15) is 19.8 Å². The van der Waals surface area contributed by atoms with Gasteiger partial charge in [-0.15, -0.1) is 0 Å². The molecule has 2 fully saturated rings. The van der Waals surface area contributed by atoms with Gasteiger partial charge in [0.1, 0.15) is 12.4 Å². The molecule has 2 aromatic rings. The van der Waals surface area contributed by atoms with Crippen LogP contribution in [-0.4, -0.2) is 54.4 Å². The Morgan fingerprint density at radius 2 is 1.84 bits per heavy atom. The molecular formula is C24H26N2O5. The van der Waals surface area contributed by atoms with Gasteiger partial charge in [-0.25, -0.2) is 0 Å². The van der Waals surface area contributed by atoms with E-state index in [4.69, 9.17) is 4.74 Å². The molecule has 0 radical (unpaired) electrons. The van der Waals surface area contributed by atoms with Gasteiger partial charge < -0.3 is 25.6 Å². The van der Waals surface area contributed by atoms with Crippen LogP contribution in [0.25, 0.3) is 0 Å². The molecule has 5 atom stereocenters. The fourth-order valence-electron chi connectivity index (χ4n) is 5.33. The summed E-state index contributed by atoms with van der Waals surface area (Å²) in [5, 5.41) is 25.8. The summed E-state index contributed by atoms with van der Waals surface area (Å²) in [5.41, 5.74) is 1.29. The summed E-state index contributed by atoms with van der Waals surface area (Å²) >= 11 is 0. The number of fused-ring (bicyclic) bond motifs is 2. The maximum absolute atomic E-state index is 13.1. The first kappa shape index (κ1) is 20.0. The number of aliphatic hydroxyl groups excluding tert-OH is 2. The van der Waals surface area contributed by atoms with E-state index >= 15 is 0 Å². The molecule has 4 N–H and O–H groups in total. The number of amides is 2. The lowest BCUT2D eigenvalue weighted by atomic mass is 9.76. The Morgan fingerprint density at radius 1 is 1.13 bits per heavy atom. The van der Waals surface area contributed by atoms with Crippen LogP contribution in [0.2, 0.25) is 0 Å². The number of nitrogens with one attached hydrogen (secondary N) is 2. The van der Waals surface area contributed by atoms with Crippen molar-refractivity contribution in [1.29, 1.82) is 0 Å². The van der Waals surface area contributed by atoms with Crippen molar-refractivity contribution in [3.8, 4) is 5.75 Å². The molecule has 7 heteroatoms. The van der Waals surface area contributed by atoms with E-state index in [1.54, 1.807) is 12.1 Å². The van der Waals surface area contributed by atoms with E-state index in [2.05, 4.69) is 10.6 Å². The van der Waals surface area contributed by atoms with Gasteiger partial charge in [-0.2, -0.15) is 0 Å². The molecule has 0 spiro atoms. The zero-order valence-corrected chi connectivity index (χ0v) is 17.3. The normalized spacial score (nSPS) is 30.2. The van der Waals surface area contributed by atoms with Crippen LogP contribution in [0.5, 0.6) is 5.75 Å². The van der Waals surface area contributed by atoms with Gasteiger partial charge in [0.05, 0.1) is 23.7 Å². The minimum absolute atomic E-state index is 0.0700. The summed E-state index contributed by atoms with van der Waals surface area (Å²) in [6, 6.07) is 12.9. The number of hydrogen-bond acceptors (Lipinski definition) is 5. The summed E-state index contributed by atoms with van der Waals surface area (Å²) in [7, 11) is 1.53. The molecule has 0 saturated heterocycles. The third-order valence-electron chi connectivity index (χ3n) is 7.12. The Kier molecular flexibility index (Phi) is 4.75. The highest BCUT2D eigenvalue weighted by atomic mass is 16.5. The van der Waals surface area contributed by atoms with Crippen molar-refractivity contribution in [2.45, 2.75) is 30.4 Å². The van der Waals surface area contributed by atoms with Gasteiger partial charge in [-0.05, 0) is 42.4 Å². The van der Waals surface area contributed by atoms with Gasteiger partial charge in [0, 0.05) is 24.2 Å². The van der Waals surface area contributed by atoms with Gasteiger partial charge in [-0.3, -0.25) is 9.59 Å². The van der Waals surface area contributed by atoms with Crippen LogP contribution in [0.4, 0.5) is 0 Å². The second-order valence-corrected chi connectivity index (χ2v) is 8.83. The van der Waals surface area contributed by atoms with Crippen molar-refractivity contribution < 1.29 is 24.5 Å². The predicted octanol–water partition coefficient (Wildman–Crippen LogP) is 1.22. The monoisotopic (exact) mass is 422 g/mol. The molecule has 5 rings (SSSR count). The van der Waals surface area contributed by atoms with Gasteiger partial charge in [0.25, 0.3) is 11.8 Å². The van der Waals surface area contributed by atoms with Crippen molar-refractivity contribution in [1.82, 2.24) is 10.6 Å². The molecule has 3 aliphatic rings. The quantitative estimate of drug-likeness (QED) is 0.580. The zero-order chi connectivity index (χ0) is 21.8. The Balaban J connectivity index is 1.54. The number of ether oxygens (including phenoxy) is 1. The van der Waals surface area contributed by atoms with Crippen LogP contribution >= 0.6 is 0 Å². The van der Waals surface area contributed by atoms with Crippen molar-refractivity contribution in [3.05, 3.63) is 64.7 Å². The number of aliphatic hydroxyl groups is 2. The summed E-state index contributed by atoms with van der Waals surface area (Å²) < 4.78 is 5.93. The minimum Gasteiger partial charge on any atom is -0.491 e. The Hall–Kier alpha value is -2.90. The zero-order valence-electron chi connectivity index (χ0n) is 17.3. The maximum atomic E-state index is 13.1. The molecule has 1 aliphatic heterocycles. The topological polar surface area (TPSA) is 108 Å². The standard InChI is InChI=1S/C24H26N2O5/c1-25-23(30)18-7-13(22(29)26-20-16-9-15(28)10-17(16)20)8-19-21(18)31-12-24(19,11-27)14-5-3-2-4-6-14/h2-8,15-17,20,27-28H,9-12H2,1H3,(H,25,30)(H,26,29)/t15-,16-,17+,20+,24-/m0/s1. The van der Waals surface area contributed by atoms with Crippen molar-refractivity contribution in [2.24, 2.45) is 11.8 Å². The fourth-order valence-corrected chi connectivity index (χ4v) is 5.33. The lowest BCUT2D eigenvalue weighted by molar-refractivity contribution is 0.0936. The highest BCUT2D eigenvalue weighted by molar-refractivity contribution is 6.02. The second-order valence-electron chi connectivity index (χ2n) is 8.83. The molecule has 2 amide bonds. The molecule has 1 heterocycles. The highest BCUT2D eigenvalue weighted by Crippen LogP contribution is 2.52. The molecule has 2 aliphatic carbocycles. The van der Waals surface area contributed by atoms with E-state index < -0.39 is 5.41 Å². The first-order chi connectivity index (χ1) is 15.0. The molecule has 162 valence electrons. The van der Waals surface area contributed by atoms with E-state index in [0.29, 0.717) is 28.7 Å². The van der Waals surface area contributed by atoms with Crippen molar-refractivity contribution in [2.75, 3.05) is 20.3 Å². The molecule has 31 heavy (non-hydrogen) atoms. The minimum atomic E-state index is -0.851. The van der Waals surface area contributed by atoms with Crippen LogP contribution in [0.3, 0.4) is 0 Å². The van der Waals surface area contributed by atoms with Gasteiger partial charge in [-0.1, -0.05) is 30.3 Å². The number of rotatable bonds is 5. The van der Waals surface area contributed by atoms with Gasteiger partial charge >= 0.3 is 0 Å². The lowest BCUT2D eigenvalue weighted by Crippen LogP contribution is -2.34. The lowest BCUT2D eigenvalue weighted by Gasteiger charge is -2.26. The number of carbonyl (C=O) groups excluding carboxylic acids is 2. The first-order valence-electron chi connectivity index (χ1n) is 10.7. The van der Waals surface area contributed by atoms with E-state index in [1.165, 1.54) is 7.05 Å². The third-order valence-corrected chi connectivity index (χ3v) is 7.12. The average molecular weight is 422 g/mol. The average Bonchev–Trinajstić information content (AvgIpc) is 3.13. The van der Waals surface area contributed by atoms with Gasteiger partial charge in [0.2, 0.25) is 0 Å². The number of hydrogen-bond donors (Lipinski definition) is 4. The smallest absolute Gasteiger partial charge is 0.254 e. The van der Waals surface area contributed by atoms with E-state index in [-0.39, 0.29) is 42.7 Å². The molecule has 2 aromatic carbocycles. The van der Waals surface area contributed by atoms with Crippen LogP contribution < -0.4 is 15.4 Å². The Labute approximate surface area is 180 Å². The summed E-state index contributed by atoms with van der Waals surface area (Å²) in [6.45, 7) is -0.0322. The second kappa shape index (κ2) is 7.35. The Bertz CT molecular complexity index is 1030. The van der Waals surface area contributed by atoms with E-state index in [0.717, 1.165) is 18.4 Å². The predicted molar refractivity (Wildman–Crippen MR) is 113 cm³/mol. The molecular weight excluding hydrogens is 396 g/mol. The van der Waals surface area contributed by atoms with Crippen LogP contribution in [0, 0.1) is 11.8 Å². The van der Waals surface area contributed by atoms with Gasteiger partial charge in [0.15, 0.2) is 0 Å². The summed E-state index contributed by atoms with van der Waals surface area (Å²) in [4.78, 5) is 25.7. The van der Waals surface area contributed by atoms with E-state index in [1.807, 2.05) is 30.3 Å². The highest BCUT2D eigenvalue weighted by Gasteiger charge is 2.56. The fraction of sp³-hybridized carbons (Fsp3) is 0.417. The number of carbonyl (C=O) groups is 2. The summed E-state index contributed by atoms with van der Waals surface area (Å²) in [5.74, 6) is 0.458. The van der Waals surface area contributed by atoms with Crippen molar-refractivity contribution in [3.63, 3.8) is 0 Å². The van der Waals surface area contributed by atoms with Crippen LogP contribution in [0.1, 0.15) is 44.7 Å². The van der Waals surface area contributed by atoms with Crippen LogP contribution in [-0.2, 0) is 5.41 Å². The largest absolute Gasteiger partial charge is 0.491 e. The Morgan fingerprint density at radius 3 is 2.48 bits per heavy atom. The molecule has 0 unspecified atom stereocenters. The third kappa shape index (κ3) is 3.11. The SMILES string of the molecule is CNC(=O)c1cc(C(=O)N[C@H]2[C@@H]3C[C@@H](O)C[C@@H]32)cc2c1OC[C@@]2(CO)c1ccccc1. The summed E-state index contributed by atoms with van der Waals surface area (Å²) in [6.07, 6.45) is 1.17. The number of benzene rings is 2. The first-order valence-corrected chi connectivity index (χ1v) is 10.7. The van der Waals surface area contributed by atoms with Crippen molar-refractivity contribution >= 4 is 11.8 Å². The maximum Gasteiger partial charge on any atom is 0.254 e. The molecule has 7 nitrogen and oxygen atoms in total.